The van der Waals surface area contributed by atoms with Crippen LogP contribution in [0.25, 0.3) is 0 Å². The Morgan fingerprint density at radius 3 is 1.41 bits per heavy atom. The van der Waals surface area contributed by atoms with Gasteiger partial charge in [0.1, 0.15) is 0 Å². The maximum absolute atomic E-state index is 14.9. The van der Waals surface area contributed by atoms with Crippen LogP contribution in [0, 0.1) is 41.4 Å². The second kappa shape index (κ2) is 6.32. The van der Waals surface area contributed by atoms with E-state index in [0.29, 0.717) is 60.6 Å². The van der Waals surface area contributed by atoms with Crippen LogP contribution in [0.15, 0.2) is 0 Å². The van der Waals surface area contributed by atoms with E-state index in [9.17, 15) is 26.3 Å². The van der Waals surface area contributed by atoms with Crippen LogP contribution in [0.4, 0.5) is 26.3 Å². The molecule has 8 aliphatic carbocycles. The van der Waals surface area contributed by atoms with E-state index in [1.807, 2.05) is 0 Å². The largest absolute Gasteiger partial charge is 0.426 e. The van der Waals surface area contributed by atoms with Crippen molar-refractivity contribution < 1.29 is 26.3 Å². The van der Waals surface area contributed by atoms with Gasteiger partial charge in [-0.15, -0.1) is 11.8 Å². The molecule has 8 bridgehead atoms. The van der Waals surface area contributed by atoms with Gasteiger partial charge in [-0.2, -0.15) is 26.3 Å². The predicted molar refractivity (Wildman–Crippen MR) is 113 cm³/mol. The van der Waals surface area contributed by atoms with Gasteiger partial charge in [0.2, 0.25) is 0 Å². The minimum Gasteiger partial charge on any atom is -0.211 e. The van der Waals surface area contributed by atoms with E-state index in [2.05, 4.69) is 0 Å². The van der Waals surface area contributed by atoms with Gasteiger partial charge in [0.25, 0.3) is 4.87 Å². The third kappa shape index (κ3) is 2.57. The molecule has 0 unspecified atom stereocenters. The van der Waals surface area contributed by atoms with E-state index in [0.717, 1.165) is 67.6 Å². The zero-order chi connectivity index (χ0) is 22.3. The molecule has 1 nitrogen and oxygen atoms in total. The molecule has 1 saturated heterocycles. The van der Waals surface area contributed by atoms with Gasteiger partial charge in [0.15, 0.2) is 0 Å². The van der Waals surface area contributed by atoms with Crippen LogP contribution in [0.3, 0.4) is 0 Å². The molecule has 0 radical (unpaired) electrons. The lowest BCUT2D eigenvalue weighted by Crippen LogP contribution is -2.70. The highest BCUT2D eigenvalue weighted by Crippen LogP contribution is 2.80. The van der Waals surface area contributed by atoms with Crippen LogP contribution >= 0.6 is 23.7 Å². The van der Waals surface area contributed by atoms with Crippen molar-refractivity contribution in [2.75, 3.05) is 0 Å². The standard InChI is InChI=1S/C23H29F6NS2/c24-22(25,26)21(23(27,28)29)30(19-9-14-2-15(10-19)4-16(3-14)11-19)32-20(31-21)17-5-12-1-13(7-17)8-18(20)6-12/h12-18H,1-11H2. The van der Waals surface area contributed by atoms with Crippen LogP contribution in [0.1, 0.15) is 70.6 Å². The van der Waals surface area contributed by atoms with Gasteiger partial charge in [0.05, 0.1) is 4.08 Å². The lowest BCUT2D eigenvalue weighted by molar-refractivity contribution is -0.304. The fourth-order valence-corrected chi connectivity index (χ4v) is 14.3. The zero-order valence-electron chi connectivity index (χ0n) is 17.9. The van der Waals surface area contributed by atoms with Crippen molar-refractivity contribution in [3.63, 3.8) is 0 Å². The average Bonchev–Trinajstić information content (AvgIpc) is 3.04. The third-order valence-electron chi connectivity index (χ3n) is 10.3. The van der Waals surface area contributed by atoms with Gasteiger partial charge in [0, 0.05) is 5.54 Å². The van der Waals surface area contributed by atoms with Crippen LogP contribution in [0.5, 0.6) is 0 Å². The van der Waals surface area contributed by atoms with E-state index >= 15 is 0 Å². The molecular formula is C23H29F6NS2. The first kappa shape index (κ1) is 21.5. The third-order valence-corrected chi connectivity index (χ3v) is 14.6. The Morgan fingerprint density at radius 2 is 1.00 bits per heavy atom. The number of hydrogen-bond donors (Lipinski definition) is 0. The summed E-state index contributed by atoms with van der Waals surface area (Å²) in [6.07, 6.45) is -1.82. The molecule has 9 fully saturated rings. The minimum atomic E-state index is -5.36. The maximum atomic E-state index is 14.9. The normalized spacial score (nSPS) is 53.6. The van der Waals surface area contributed by atoms with E-state index in [1.165, 1.54) is 0 Å². The molecule has 1 spiro atoms. The highest BCUT2D eigenvalue weighted by Gasteiger charge is 2.85. The van der Waals surface area contributed by atoms with Crippen LogP contribution in [0.2, 0.25) is 0 Å². The van der Waals surface area contributed by atoms with Crippen LogP contribution < -0.4 is 0 Å². The molecule has 0 amide bonds. The van der Waals surface area contributed by atoms with Crippen molar-refractivity contribution >= 4 is 23.7 Å². The van der Waals surface area contributed by atoms with E-state index in [4.69, 9.17) is 0 Å². The lowest BCUT2D eigenvalue weighted by atomic mass is 9.53. The van der Waals surface area contributed by atoms with E-state index in [-0.39, 0.29) is 11.8 Å². The van der Waals surface area contributed by atoms with Crippen LogP contribution in [-0.4, -0.2) is 31.1 Å². The zero-order valence-corrected chi connectivity index (χ0v) is 19.5. The summed E-state index contributed by atoms with van der Waals surface area (Å²) >= 11 is 1.36. The SMILES string of the molecule is FC(F)(F)C1(C(F)(F)F)SC2(SN1C13CC4CC(CC(C4)C1)C3)C1CC3CC(C1)CC2C3. The Bertz CT molecular complexity index is 745. The number of nitrogens with zero attached hydrogens (tertiary/aromatic N) is 1. The van der Waals surface area contributed by atoms with Gasteiger partial charge < -0.3 is 0 Å². The molecule has 9 heteroatoms. The van der Waals surface area contributed by atoms with Crippen LogP contribution in [-0.2, 0) is 0 Å². The molecule has 0 aromatic carbocycles. The fourth-order valence-electron chi connectivity index (χ4n) is 9.91. The second-order valence-corrected chi connectivity index (χ2v) is 15.2. The van der Waals surface area contributed by atoms with E-state index in [1.54, 1.807) is 0 Å². The lowest BCUT2D eigenvalue weighted by Gasteiger charge is -2.62. The minimum absolute atomic E-state index is 0.0308. The summed E-state index contributed by atoms with van der Waals surface area (Å²) in [7, 11) is 0. The van der Waals surface area contributed by atoms with Gasteiger partial charge >= 0.3 is 12.4 Å². The first-order valence-electron chi connectivity index (χ1n) is 12.3. The summed E-state index contributed by atoms with van der Waals surface area (Å²) in [6, 6.07) is 0. The van der Waals surface area contributed by atoms with Crippen molar-refractivity contribution in [2.45, 2.75) is 97.5 Å². The van der Waals surface area contributed by atoms with Gasteiger partial charge in [-0.25, -0.2) is 4.31 Å². The maximum Gasteiger partial charge on any atom is 0.426 e. The molecule has 0 N–H and O–H groups in total. The fraction of sp³-hybridized carbons (Fsp3) is 1.00. The molecular weight excluding hydrogens is 468 g/mol. The summed E-state index contributed by atoms with van der Waals surface area (Å²) in [5.41, 5.74) is -0.963. The second-order valence-electron chi connectivity index (χ2n) is 12.3. The molecule has 0 atom stereocenters. The molecule has 8 saturated carbocycles. The van der Waals surface area contributed by atoms with Crippen molar-refractivity contribution in [1.29, 1.82) is 0 Å². The molecule has 9 rings (SSSR count). The van der Waals surface area contributed by atoms with Gasteiger partial charge in [-0.1, -0.05) is 11.9 Å². The Hall–Kier alpha value is 0.240. The molecule has 9 aliphatic rings. The topological polar surface area (TPSA) is 3.24 Å². The highest BCUT2D eigenvalue weighted by molar-refractivity contribution is 8.20. The Balaban J connectivity index is 1.38. The molecule has 1 aliphatic heterocycles. The summed E-state index contributed by atoms with van der Waals surface area (Å²) in [4.78, 5) is -3.79. The van der Waals surface area contributed by atoms with E-state index < -0.39 is 26.8 Å². The molecule has 180 valence electrons. The van der Waals surface area contributed by atoms with Gasteiger partial charge in [-0.3, -0.25) is 0 Å². The molecule has 0 aromatic heterocycles. The quantitative estimate of drug-likeness (QED) is 0.271. The van der Waals surface area contributed by atoms with Crippen molar-refractivity contribution in [2.24, 2.45) is 41.4 Å². The number of hydrogen-bond acceptors (Lipinski definition) is 3. The summed E-state index contributed by atoms with van der Waals surface area (Å²) in [5.74, 6) is 1.82. The number of thioether (sulfide) groups is 1. The average molecular weight is 498 g/mol. The smallest absolute Gasteiger partial charge is 0.211 e. The predicted octanol–water partition coefficient (Wildman–Crippen LogP) is 7.63. The summed E-state index contributed by atoms with van der Waals surface area (Å²) in [5, 5.41) is 0. The number of halogens is 6. The summed E-state index contributed by atoms with van der Waals surface area (Å²) < 4.78 is 89.1. The summed E-state index contributed by atoms with van der Waals surface area (Å²) in [6.45, 7) is 0. The van der Waals surface area contributed by atoms with Gasteiger partial charge in [-0.05, 0) is 112 Å². The Morgan fingerprint density at radius 1 is 0.594 bits per heavy atom. The molecule has 1 heterocycles. The Kier molecular flexibility index (Phi) is 4.25. The van der Waals surface area contributed by atoms with Crippen molar-refractivity contribution in [3.05, 3.63) is 0 Å². The van der Waals surface area contributed by atoms with Crippen molar-refractivity contribution in [1.82, 2.24) is 4.31 Å². The number of alkyl halides is 6. The molecule has 0 aromatic rings. The number of rotatable bonds is 1. The molecule has 32 heavy (non-hydrogen) atoms. The first-order valence-corrected chi connectivity index (χ1v) is 13.9. The Labute approximate surface area is 193 Å². The monoisotopic (exact) mass is 497 g/mol. The first-order chi connectivity index (χ1) is 14.9. The van der Waals surface area contributed by atoms with Crippen molar-refractivity contribution in [3.8, 4) is 0 Å². The highest BCUT2D eigenvalue weighted by atomic mass is 32.2.